The molecule has 1 aromatic heterocycles. The Morgan fingerprint density at radius 2 is 2.00 bits per heavy atom. The van der Waals surface area contributed by atoms with Crippen LogP contribution in [0.15, 0.2) is 24.3 Å². The highest BCUT2D eigenvalue weighted by atomic mass is 16.5. The first-order chi connectivity index (χ1) is 14.5. The number of aryl methyl sites for hydroxylation is 2. The lowest BCUT2D eigenvalue weighted by Crippen LogP contribution is -2.50. The van der Waals surface area contributed by atoms with Crippen LogP contribution in [0.25, 0.3) is 0 Å². The molecule has 7 nitrogen and oxygen atoms in total. The Hall–Kier alpha value is -2.98. The molecule has 3 rings (SSSR count). The van der Waals surface area contributed by atoms with Gasteiger partial charge in [-0.05, 0) is 18.9 Å². The van der Waals surface area contributed by atoms with Crippen LogP contribution in [0, 0.1) is 18.3 Å². The molecule has 1 aliphatic heterocycles. The Labute approximate surface area is 178 Å². The number of aromatic nitrogens is 2. The Bertz CT molecular complexity index is 930. The molecular weight excluding hydrogens is 378 g/mol. The lowest BCUT2D eigenvalue weighted by atomic mass is 10.00. The standard InChI is InChI=1S/C23H29N5O2/c1-4-20-19(15-18-7-5-6-17(2)14-18)23(26-21(25-20)8-9-24)28-12-10-27(11-13-28)22(29)16-30-3/h5-7,14H,4,8,10-13,15-16H2,1-3H3. The van der Waals surface area contributed by atoms with Crippen LogP contribution in [-0.4, -0.2) is 60.7 Å². The predicted octanol–water partition coefficient (Wildman–Crippen LogP) is 2.30. The molecule has 1 saturated heterocycles. The summed E-state index contributed by atoms with van der Waals surface area (Å²) in [5.74, 6) is 1.47. The average Bonchev–Trinajstić information content (AvgIpc) is 2.75. The van der Waals surface area contributed by atoms with Gasteiger partial charge in [-0.2, -0.15) is 5.26 Å². The topological polar surface area (TPSA) is 82.4 Å². The normalized spacial score (nSPS) is 13.9. The second-order valence-electron chi connectivity index (χ2n) is 7.54. The van der Waals surface area contributed by atoms with E-state index in [-0.39, 0.29) is 18.9 Å². The lowest BCUT2D eigenvalue weighted by molar-refractivity contribution is -0.135. The number of methoxy groups -OCH3 is 1. The van der Waals surface area contributed by atoms with Gasteiger partial charge in [0.25, 0.3) is 0 Å². The zero-order chi connectivity index (χ0) is 21.5. The highest BCUT2D eigenvalue weighted by Gasteiger charge is 2.25. The van der Waals surface area contributed by atoms with Crippen LogP contribution < -0.4 is 4.90 Å². The summed E-state index contributed by atoms with van der Waals surface area (Å²) in [6.45, 7) is 6.94. The molecular formula is C23H29N5O2. The van der Waals surface area contributed by atoms with Crippen molar-refractivity contribution in [1.29, 1.82) is 5.26 Å². The van der Waals surface area contributed by atoms with Crippen molar-refractivity contribution < 1.29 is 9.53 Å². The zero-order valence-electron chi connectivity index (χ0n) is 18.0. The number of carbonyl (C=O) groups is 1. The molecule has 0 unspecified atom stereocenters. The van der Waals surface area contributed by atoms with E-state index in [9.17, 15) is 4.79 Å². The van der Waals surface area contributed by atoms with Crippen LogP contribution in [0.4, 0.5) is 5.82 Å². The third-order valence-electron chi connectivity index (χ3n) is 5.35. The molecule has 0 radical (unpaired) electrons. The van der Waals surface area contributed by atoms with Gasteiger partial charge in [-0.25, -0.2) is 9.97 Å². The number of nitriles is 1. The van der Waals surface area contributed by atoms with Crippen molar-refractivity contribution in [2.24, 2.45) is 0 Å². The maximum absolute atomic E-state index is 12.1. The smallest absolute Gasteiger partial charge is 0.248 e. The molecule has 30 heavy (non-hydrogen) atoms. The van der Waals surface area contributed by atoms with Gasteiger partial charge in [-0.15, -0.1) is 0 Å². The summed E-state index contributed by atoms with van der Waals surface area (Å²) in [6, 6.07) is 10.6. The number of benzene rings is 1. The van der Waals surface area contributed by atoms with Gasteiger partial charge in [-0.3, -0.25) is 4.79 Å². The summed E-state index contributed by atoms with van der Waals surface area (Å²) in [7, 11) is 1.54. The second-order valence-corrected chi connectivity index (χ2v) is 7.54. The Morgan fingerprint density at radius 1 is 1.23 bits per heavy atom. The number of piperazine rings is 1. The summed E-state index contributed by atoms with van der Waals surface area (Å²) in [4.78, 5) is 25.7. The van der Waals surface area contributed by atoms with Crippen LogP contribution in [0.5, 0.6) is 0 Å². The first-order valence-electron chi connectivity index (χ1n) is 10.4. The Balaban J connectivity index is 1.92. The summed E-state index contributed by atoms with van der Waals surface area (Å²) in [5, 5.41) is 9.17. The number of ether oxygens (including phenoxy) is 1. The third-order valence-corrected chi connectivity index (χ3v) is 5.35. The zero-order valence-corrected chi connectivity index (χ0v) is 18.0. The molecule has 1 aliphatic rings. The number of hydrogen-bond donors (Lipinski definition) is 0. The number of carbonyl (C=O) groups excluding carboxylic acids is 1. The van der Waals surface area contributed by atoms with Gasteiger partial charge in [0.1, 0.15) is 18.2 Å². The van der Waals surface area contributed by atoms with Gasteiger partial charge in [0.15, 0.2) is 0 Å². The molecule has 0 bridgehead atoms. The molecule has 0 spiro atoms. The van der Waals surface area contributed by atoms with E-state index in [1.165, 1.54) is 18.2 Å². The molecule has 158 valence electrons. The molecule has 0 atom stereocenters. The fourth-order valence-corrected chi connectivity index (χ4v) is 3.86. The summed E-state index contributed by atoms with van der Waals surface area (Å²) in [5.41, 5.74) is 4.54. The fraction of sp³-hybridized carbons (Fsp3) is 0.478. The van der Waals surface area contributed by atoms with E-state index in [1.807, 2.05) is 4.90 Å². The number of rotatable bonds is 7. The van der Waals surface area contributed by atoms with E-state index in [4.69, 9.17) is 15.0 Å². The third kappa shape index (κ3) is 5.14. The van der Waals surface area contributed by atoms with E-state index in [2.05, 4.69) is 54.1 Å². The molecule has 2 heterocycles. The van der Waals surface area contributed by atoms with Crippen LogP contribution in [0.2, 0.25) is 0 Å². The van der Waals surface area contributed by atoms with Gasteiger partial charge in [-0.1, -0.05) is 36.8 Å². The van der Waals surface area contributed by atoms with E-state index in [1.54, 1.807) is 0 Å². The van der Waals surface area contributed by atoms with Crippen molar-refractivity contribution in [3.8, 4) is 6.07 Å². The van der Waals surface area contributed by atoms with Crippen molar-refractivity contribution in [2.45, 2.75) is 33.1 Å². The molecule has 1 aromatic carbocycles. The molecule has 1 fully saturated rings. The first kappa shape index (κ1) is 21.7. The molecule has 0 N–H and O–H groups in total. The largest absolute Gasteiger partial charge is 0.375 e. The van der Waals surface area contributed by atoms with Crippen LogP contribution in [-0.2, 0) is 28.8 Å². The average molecular weight is 408 g/mol. The monoisotopic (exact) mass is 407 g/mol. The predicted molar refractivity (Wildman–Crippen MR) is 115 cm³/mol. The van der Waals surface area contributed by atoms with Crippen molar-refractivity contribution >= 4 is 11.7 Å². The highest BCUT2D eigenvalue weighted by Crippen LogP contribution is 2.26. The quantitative estimate of drug-likeness (QED) is 0.700. The van der Waals surface area contributed by atoms with E-state index < -0.39 is 0 Å². The maximum Gasteiger partial charge on any atom is 0.248 e. The Morgan fingerprint density at radius 3 is 2.63 bits per heavy atom. The Kier molecular flexibility index (Phi) is 7.36. The maximum atomic E-state index is 12.1. The van der Waals surface area contributed by atoms with E-state index in [0.717, 1.165) is 29.9 Å². The lowest BCUT2D eigenvalue weighted by Gasteiger charge is -2.36. The van der Waals surface area contributed by atoms with Gasteiger partial charge in [0, 0.05) is 51.0 Å². The highest BCUT2D eigenvalue weighted by molar-refractivity contribution is 5.77. The second kappa shape index (κ2) is 10.2. The summed E-state index contributed by atoms with van der Waals surface area (Å²) < 4.78 is 4.98. The van der Waals surface area contributed by atoms with Crippen molar-refractivity contribution in [1.82, 2.24) is 14.9 Å². The van der Waals surface area contributed by atoms with E-state index >= 15 is 0 Å². The van der Waals surface area contributed by atoms with Gasteiger partial charge in [0.2, 0.25) is 5.91 Å². The van der Waals surface area contributed by atoms with Crippen LogP contribution in [0.1, 0.15) is 35.1 Å². The van der Waals surface area contributed by atoms with Crippen LogP contribution >= 0.6 is 0 Å². The van der Waals surface area contributed by atoms with Gasteiger partial charge < -0.3 is 14.5 Å². The summed E-state index contributed by atoms with van der Waals surface area (Å²) >= 11 is 0. The SMILES string of the molecule is CCc1nc(CC#N)nc(N2CCN(C(=O)COC)CC2)c1Cc1cccc(C)c1. The molecule has 0 saturated carbocycles. The molecule has 7 heteroatoms. The van der Waals surface area contributed by atoms with E-state index in [0.29, 0.717) is 32.0 Å². The minimum Gasteiger partial charge on any atom is -0.375 e. The van der Waals surface area contributed by atoms with Gasteiger partial charge in [0.05, 0.1) is 12.5 Å². The minimum absolute atomic E-state index is 0.0132. The number of amides is 1. The molecule has 0 aliphatic carbocycles. The van der Waals surface area contributed by atoms with Crippen LogP contribution in [0.3, 0.4) is 0 Å². The fourth-order valence-electron chi connectivity index (χ4n) is 3.86. The number of nitrogens with zero attached hydrogens (tertiary/aromatic N) is 5. The first-order valence-corrected chi connectivity index (χ1v) is 10.4. The van der Waals surface area contributed by atoms with Crippen molar-refractivity contribution in [3.63, 3.8) is 0 Å². The summed E-state index contributed by atoms with van der Waals surface area (Å²) in [6.07, 6.45) is 1.72. The van der Waals surface area contributed by atoms with Crippen molar-refractivity contribution in [2.75, 3.05) is 44.8 Å². The number of hydrogen-bond acceptors (Lipinski definition) is 6. The van der Waals surface area contributed by atoms with Crippen molar-refractivity contribution in [3.05, 3.63) is 52.5 Å². The number of anilines is 1. The minimum atomic E-state index is 0.0132. The molecule has 2 aromatic rings. The molecule has 1 amide bonds. The van der Waals surface area contributed by atoms with Gasteiger partial charge >= 0.3 is 0 Å².